The molecular formula is C16H16BrN3O2. The third kappa shape index (κ3) is 4.33. The molecule has 22 heavy (non-hydrogen) atoms. The van der Waals surface area contributed by atoms with Crippen molar-refractivity contribution in [2.75, 3.05) is 24.2 Å². The van der Waals surface area contributed by atoms with E-state index >= 15 is 0 Å². The van der Waals surface area contributed by atoms with Gasteiger partial charge in [0.25, 0.3) is 5.91 Å². The normalized spacial score (nSPS) is 9.91. The fraction of sp³-hybridized carbons (Fsp3) is 0.125. The Bertz CT molecular complexity index is 671. The van der Waals surface area contributed by atoms with Crippen LogP contribution in [0.5, 0.6) is 0 Å². The van der Waals surface area contributed by atoms with Crippen molar-refractivity contribution < 1.29 is 9.59 Å². The smallest absolute Gasteiger partial charge is 0.251 e. The summed E-state index contributed by atoms with van der Waals surface area (Å²) in [6.07, 6.45) is 0. The van der Waals surface area contributed by atoms with Crippen LogP contribution in [0.15, 0.2) is 53.0 Å². The lowest BCUT2D eigenvalue weighted by Gasteiger charge is -2.09. The van der Waals surface area contributed by atoms with Crippen molar-refractivity contribution in [2.24, 2.45) is 0 Å². The summed E-state index contributed by atoms with van der Waals surface area (Å²) < 4.78 is 0.832. The summed E-state index contributed by atoms with van der Waals surface area (Å²) in [6, 6.07) is 14.3. The molecule has 0 saturated heterocycles. The molecule has 2 aromatic carbocycles. The molecule has 0 aliphatic heterocycles. The van der Waals surface area contributed by atoms with Crippen LogP contribution >= 0.6 is 15.9 Å². The number of rotatable bonds is 5. The summed E-state index contributed by atoms with van der Waals surface area (Å²) >= 11 is 3.38. The molecule has 0 bridgehead atoms. The highest BCUT2D eigenvalue weighted by Crippen LogP contribution is 2.21. The average Bonchev–Trinajstić information content (AvgIpc) is 2.55. The molecule has 0 aliphatic rings. The summed E-state index contributed by atoms with van der Waals surface area (Å²) in [5.74, 6) is -0.291. The second-order valence-electron chi connectivity index (χ2n) is 4.54. The van der Waals surface area contributed by atoms with Crippen LogP contribution in [-0.4, -0.2) is 25.4 Å². The molecule has 5 nitrogen and oxygen atoms in total. The van der Waals surface area contributed by atoms with Crippen molar-refractivity contribution in [3.8, 4) is 0 Å². The number of amides is 2. The quantitative estimate of drug-likeness (QED) is 0.766. The minimum absolute atomic E-state index is 0.140. The number of anilines is 2. The van der Waals surface area contributed by atoms with E-state index in [0.717, 1.165) is 15.8 Å². The number of nitrogens with one attached hydrogen (secondary N) is 3. The lowest BCUT2D eigenvalue weighted by atomic mass is 10.2. The molecule has 6 heteroatoms. The van der Waals surface area contributed by atoms with Crippen molar-refractivity contribution in [3.63, 3.8) is 0 Å². The van der Waals surface area contributed by atoms with Crippen LogP contribution in [0.2, 0.25) is 0 Å². The molecule has 0 spiro atoms. The highest BCUT2D eigenvalue weighted by atomic mass is 79.9. The summed E-state index contributed by atoms with van der Waals surface area (Å²) in [7, 11) is 1.58. The lowest BCUT2D eigenvalue weighted by molar-refractivity contribution is -0.114. The largest absolute Gasteiger partial charge is 0.376 e. The first-order chi connectivity index (χ1) is 10.6. The van der Waals surface area contributed by atoms with Gasteiger partial charge in [-0.2, -0.15) is 0 Å². The average molecular weight is 362 g/mol. The monoisotopic (exact) mass is 361 g/mol. The summed E-state index contributed by atoms with van der Waals surface area (Å²) in [6.45, 7) is 0.140. The van der Waals surface area contributed by atoms with Crippen LogP contribution in [0.4, 0.5) is 11.4 Å². The summed E-state index contributed by atoms with van der Waals surface area (Å²) in [5.41, 5.74) is 2.07. The van der Waals surface area contributed by atoms with Gasteiger partial charge in [-0.25, -0.2) is 0 Å². The molecule has 0 unspecified atom stereocenters. The minimum atomic E-state index is -0.151. The Morgan fingerprint density at radius 2 is 1.73 bits per heavy atom. The Kier molecular flexibility index (Phi) is 5.55. The maximum atomic E-state index is 11.9. The van der Waals surface area contributed by atoms with Crippen LogP contribution in [0.1, 0.15) is 10.4 Å². The predicted molar refractivity (Wildman–Crippen MR) is 91.1 cm³/mol. The Balaban J connectivity index is 1.89. The molecule has 0 aromatic heterocycles. The van der Waals surface area contributed by atoms with E-state index in [1.165, 1.54) is 0 Å². The molecular weight excluding hydrogens is 346 g/mol. The zero-order chi connectivity index (χ0) is 15.9. The summed E-state index contributed by atoms with van der Waals surface area (Å²) in [5, 5.41) is 8.37. The molecule has 0 fully saturated rings. The van der Waals surface area contributed by atoms with Crippen LogP contribution in [-0.2, 0) is 4.79 Å². The standard InChI is InChI=1S/C16H16BrN3O2/c1-18-16(22)11-6-8-12(9-7-11)19-10-15(21)20-14-5-3-2-4-13(14)17/h2-9,19H,10H2,1H3,(H,18,22)(H,20,21). The zero-order valence-corrected chi connectivity index (χ0v) is 13.6. The van der Waals surface area contributed by atoms with Crippen LogP contribution < -0.4 is 16.0 Å². The van der Waals surface area contributed by atoms with E-state index in [-0.39, 0.29) is 18.4 Å². The Morgan fingerprint density at radius 1 is 1.05 bits per heavy atom. The van der Waals surface area contributed by atoms with Crippen molar-refractivity contribution in [1.82, 2.24) is 5.32 Å². The van der Waals surface area contributed by atoms with Gasteiger partial charge in [0.15, 0.2) is 0 Å². The third-order valence-electron chi connectivity index (χ3n) is 2.98. The number of carbonyl (C=O) groups is 2. The first-order valence-corrected chi connectivity index (χ1v) is 7.50. The second-order valence-corrected chi connectivity index (χ2v) is 5.39. The van der Waals surface area contributed by atoms with Crippen LogP contribution in [0.3, 0.4) is 0 Å². The Morgan fingerprint density at radius 3 is 2.36 bits per heavy atom. The van der Waals surface area contributed by atoms with Gasteiger partial charge < -0.3 is 16.0 Å². The van der Waals surface area contributed by atoms with Crippen molar-refractivity contribution in [3.05, 3.63) is 58.6 Å². The minimum Gasteiger partial charge on any atom is -0.376 e. The number of hydrogen-bond donors (Lipinski definition) is 3. The van der Waals surface area contributed by atoms with Crippen molar-refractivity contribution >= 4 is 39.1 Å². The van der Waals surface area contributed by atoms with Crippen molar-refractivity contribution in [1.29, 1.82) is 0 Å². The van der Waals surface area contributed by atoms with E-state index in [4.69, 9.17) is 0 Å². The molecule has 3 N–H and O–H groups in total. The van der Waals surface area contributed by atoms with Gasteiger partial charge in [-0.3, -0.25) is 9.59 Å². The molecule has 114 valence electrons. The number of benzene rings is 2. The highest BCUT2D eigenvalue weighted by molar-refractivity contribution is 9.10. The molecule has 2 rings (SSSR count). The fourth-order valence-corrected chi connectivity index (χ4v) is 2.21. The Hall–Kier alpha value is -2.34. The van der Waals surface area contributed by atoms with Gasteiger partial charge in [-0.15, -0.1) is 0 Å². The van der Waals surface area contributed by atoms with Gasteiger partial charge in [0.2, 0.25) is 5.91 Å². The van der Waals surface area contributed by atoms with E-state index in [1.807, 2.05) is 24.3 Å². The van der Waals surface area contributed by atoms with E-state index < -0.39 is 0 Å². The molecule has 2 aromatic rings. The van der Waals surface area contributed by atoms with E-state index in [2.05, 4.69) is 31.9 Å². The van der Waals surface area contributed by atoms with Gasteiger partial charge in [0.05, 0.1) is 12.2 Å². The highest BCUT2D eigenvalue weighted by Gasteiger charge is 2.06. The van der Waals surface area contributed by atoms with Gasteiger partial charge >= 0.3 is 0 Å². The molecule has 2 amide bonds. The molecule has 0 saturated carbocycles. The van der Waals surface area contributed by atoms with E-state index in [0.29, 0.717) is 5.56 Å². The van der Waals surface area contributed by atoms with Crippen molar-refractivity contribution in [2.45, 2.75) is 0 Å². The van der Waals surface area contributed by atoms with Gasteiger partial charge in [-0.05, 0) is 52.3 Å². The van der Waals surface area contributed by atoms with Gasteiger partial charge in [-0.1, -0.05) is 12.1 Å². The Labute approximate surface area is 137 Å². The van der Waals surface area contributed by atoms with Gasteiger partial charge in [0.1, 0.15) is 0 Å². The lowest BCUT2D eigenvalue weighted by Crippen LogP contribution is -2.22. The SMILES string of the molecule is CNC(=O)c1ccc(NCC(=O)Nc2ccccc2Br)cc1. The van der Waals surface area contributed by atoms with Crippen LogP contribution in [0, 0.1) is 0 Å². The number of para-hydroxylation sites is 1. The first kappa shape index (κ1) is 16.0. The van der Waals surface area contributed by atoms with E-state index in [9.17, 15) is 9.59 Å². The fourth-order valence-electron chi connectivity index (χ4n) is 1.82. The number of hydrogen-bond acceptors (Lipinski definition) is 3. The van der Waals surface area contributed by atoms with E-state index in [1.54, 1.807) is 31.3 Å². The second kappa shape index (κ2) is 7.61. The topological polar surface area (TPSA) is 70.2 Å². The number of carbonyl (C=O) groups excluding carboxylic acids is 2. The zero-order valence-electron chi connectivity index (χ0n) is 12.0. The molecule has 0 heterocycles. The first-order valence-electron chi connectivity index (χ1n) is 6.70. The number of halogens is 1. The predicted octanol–water partition coefficient (Wildman–Crippen LogP) is 2.86. The maximum Gasteiger partial charge on any atom is 0.251 e. The van der Waals surface area contributed by atoms with Crippen LogP contribution in [0.25, 0.3) is 0 Å². The third-order valence-corrected chi connectivity index (χ3v) is 3.67. The summed E-state index contributed by atoms with van der Waals surface area (Å²) in [4.78, 5) is 23.3. The molecule has 0 aliphatic carbocycles. The maximum absolute atomic E-state index is 11.9. The molecule has 0 atom stereocenters. The molecule has 0 radical (unpaired) electrons. The van der Waals surface area contributed by atoms with Gasteiger partial charge in [0, 0.05) is 22.8 Å².